The van der Waals surface area contributed by atoms with Crippen LogP contribution in [0.25, 0.3) is 0 Å². The number of aromatic nitrogens is 1. The summed E-state index contributed by atoms with van der Waals surface area (Å²) < 4.78 is 4.96. The predicted molar refractivity (Wildman–Crippen MR) is 99.3 cm³/mol. The molecule has 0 radical (unpaired) electrons. The quantitative estimate of drug-likeness (QED) is 0.765. The van der Waals surface area contributed by atoms with Crippen LogP contribution in [-0.2, 0) is 9.53 Å². The highest BCUT2D eigenvalue weighted by Crippen LogP contribution is 2.20. The summed E-state index contributed by atoms with van der Waals surface area (Å²) in [4.78, 5) is 40.3. The Morgan fingerprint density at radius 2 is 1.78 bits per heavy atom. The number of carbonyl (C=O) groups excluding carboxylic acids is 3. The molecule has 0 bridgehead atoms. The monoisotopic (exact) mass is 367 g/mol. The fraction of sp³-hybridized carbons (Fsp3) is 0.300. The molecule has 1 saturated carbocycles. The van der Waals surface area contributed by atoms with Crippen molar-refractivity contribution in [3.05, 3.63) is 59.9 Å². The fourth-order valence-corrected chi connectivity index (χ4v) is 3.00. The molecule has 140 valence electrons. The molecule has 0 atom stereocenters. The van der Waals surface area contributed by atoms with Crippen LogP contribution in [-0.4, -0.2) is 35.4 Å². The van der Waals surface area contributed by atoms with Crippen molar-refractivity contribution >= 4 is 23.5 Å². The van der Waals surface area contributed by atoms with E-state index < -0.39 is 18.5 Å². The molecular formula is C20H21N3O4. The number of pyridine rings is 1. The Morgan fingerprint density at radius 1 is 1.04 bits per heavy atom. The van der Waals surface area contributed by atoms with Gasteiger partial charge >= 0.3 is 5.97 Å². The van der Waals surface area contributed by atoms with Gasteiger partial charge in [-0.25, -0.2) is 9.78 Å². The molecule has 1 aliphatic carbocycles. The molecule has 1 heterocycles. The summed E-state index contributed by atoms with van der Waals surface area (Å²) in [5.74, 6) is -1.43. The minimum absolute atomic E-state index is 0.127. The van der Waals surface area contributed by atoms with E-state index in [1.54, 1.807) is 36.4 Å². The lowest BCUT2D eigenvalue weighted by Crippen LogP contribution is -2.33. The highest BCUT2D eigenvalue weighted by molar-refractivity contribution is 6.04. The molecule has 2 N–H and O–H groups in total. The second-order valence-electron chi connectivity index (χ2n) is 6.34. The number of hydrogen-bond acceptors (Lipinski definition) is 5. The number of carbonyl (C=O) groups is 3. The summed E-state index contributed by atoms with van der Waals surface area (Å²) in [6, 6.07) is 11.8. The smallest absolute Gasteiger partial charge is 0.357 e. The van der Waals surface area contributed by atoms with Gasteiger partial charge < -0.3 is 15.4 Å². The lowest BCUT2D eigenvalue weighted by molar-refractivity contribution is -0.119. The number of hydrogen-bond donors (Lipinski definition) is 2. The van der Waals surface area contributed by atoms with E-state index in [-0.39, 0.29) is 17.6 Å². The fourth-order valence-electron chi connectivity index (χ4n) is 3.00. The molecular weight excluding hydrogens is 346 g/mol. The Kier molecular flexibility index (Phi) is 6.14. The zero-order chi connectivity index (χ0) is 19.1. The van der Waals surface area contributed by atoms with E-state index in [4.69, 9.17) is 4.74 Å². The van der Waals surface area contributed by atoms with Crippen molar-refractivity contribution in [3.63, 3.8) is 0 Å². The summed E-state index contributed by atoms with van der Waals surface area (Å²) in [5.41, 5.74) is 0.891. The van der Waals surface area contributed by atoms with Crippen LogP contribution in [0.1, 0.15) is 46.5 Å². The van der Waals surface area contributed by atoms with Crippen LogP contribution in [0, 0.1) is 0 Å². The normalized spacial score (nSPS) is 13.8. The summed E-state index contributed by atoms with van der Waals surface area (Å²) >= 11 is 0. The van der Waals surface area contributed by atoms with Crippen molar-refractivity contribution in [2.24, 2.45) is 0 Å². The van der Waals surface area contributed by atoms with E-state index in [1.807, 2.05) is 0 Å². The lowest BCUT2D eigenvalue weighted by atomic mass is 10.1. The number of rotatable bonds is 6. The molecule has 27 heavy (non-hydrogen) atoms. The van der Waals surface area contributed by atoms with Gasteiger partial charge in [-0.05, 0) is 37.1 Å². The number of ether oxygens (including phenoxy) is 1. The maximum absolute atomic E-state index is 12.5. The lowest BCUT2D eigenvalue weighted by Gasteiger charge is -2.15. The maximum atomic E-state index is 12.5. The Balaban J connectivity index is 1.57. The van der Waals surface area contributed by atoms with Gasteiger partial charge in [-0.15, -0.1) is 0 Å². The van der Waals surface area contributed by atoms with E-state index >= 15 is 0 Å². The van der Waals surface area contributed by atoms with Crippen LogP contribution in [0.4, 0.5) is 5.69 Å². The van der Waals surface area contributed by atoms with Crippen LogP contribution in [0.3, 0.4) is 0 Å². The van der Waals surface area contributed by atoms with E-state index in [0.717, 1.165) is 25.7 Å². The highest BCUT2D eigenvalue weighted by Gasteiger charge is 2.20. The SMILES string of the molecule is O=C(COC(=O)c1ccccn1)Nc1ccccc1C(=O)NC1CCCC1. The van der Waals surface area contributed by atoms with Crippen molar-refractivity contribution in [1.29, 1.82) is 0 Å². The zero-order valence-corrected chi connectivity index (χ0v) is 14.8. The van der Waals surface area contributed by atoms with E-state index in [2.05, 4.69) is 15.6 Å². The van der Waals surface area contributed by atoms with Gasteiger partial charge in [0.1, 0.15) is 5.69 Å². The largest absolute Gasteiger partial charge is 0.451 e. The number of benzene rings is 1. The first kappa shape index (κ1) is 18.6. The summed E-state index contributed by atoms with van der Waals surface area (Å²) in [5, 5.41) is 5.62. The molecule has 1 aliphatic rings. The molecule has 7 heteroatoms. The van der Waals surface area contributed by atoms with Gasteiger partial charge in [0.2, 0.25) is 0 Å². The molecule has 0 spiro atoms. The van der Waals surface area contributed by atoms with Gasteiger partial charge in [0.15, 0.2) is 6.61 Å². The number of nitrogens with zero attached hydrogens (tertiary/aromatic N) is 1. The summed E-state index contributed by atoms with van der Waals surface area (Å²) in [7, 11) is 0. The van der Waals surface area contributed by atoms with Crippen molar-refractivity contribution in [3.8, 4) is 0 Å². The summed E-state index contributed by atoms with van der Waals surface area (Å²) in [6.07, 6.45) is 5.65. The van der Waals surface area contributed by atoms with Crippen molar-refractivity contribution in [1.82, 2.24) is 10.3 Å². The molecule has 2 amide bonds. The topological polar surface area (TPSA) is 97.4 Å². The Labute approximate surface area is 157 Å². The van der Waals surface area contributed by atoms with Crippen LogP contribution < -0.4 is 10.6 Å². The average Bonchev–Trinajstić information content (AvgIpc) is 3.20. The van der Waals surface area contributed by atoms with Gasteiger partial charge in [-0.2, -0.15) is 0 Å². The maximum Gasteiger partial charge on any atom is 0.357 e. The number of nitrogens with one attached hydrogen (secondary N) is 2. The molecule has 1 aromatic carbocycles. The van der Waals surface area contributed by atoms with Crippen molar-refractivity contribution in [2.75, 3.05) is 11.9 Å². The Bertz CT molecular complexity index is 817. The number of esters is 1. The van der Waals surface area contributed by atoms with Crippen molar-refractivity contribution < 1.29 is 19.1 Å². The standard InChI is InChI=1S/C20H21N3O4/c24-18(13-27-20(26)17-11-5-6-12-21-17)23-16-10-4-3-9-15(16)19(25)22-14-7-1-2-8-14/h3-6,9-12,14H,1-2,7-8,13H2,(H,22,25)(H,23,24). The van der Waals surface area contributed by atoms with Gasteiger partial charge in [-0.3, -0.25) is 9.59 Å². The molecule has 0 unspecified atom stereocenters. The Morgan fingerprint density at radius 3 is 2.52 bits per heavy atom. The second kappa shape index (κ2) is 8.93. The van der Waals surface area contributed by atoms with E-state index in [9.17, 15) is 14.4 Å². The van der Waals surface area contributed by atoms with Gasteiger partial charge in [0.05, 0.1) is 11.3 Å². The van der Waals surface area contributed by atoms with Gasteiger partial charge in [-0.1, -0.05) is 31.0 Å². The zero-order valence-electron chi connectivity index (χ0n) is 14.8. The molecule has 1 aromatic heterocycles. The minimum atomic E-state index is -0.682. The third-order valence-electron chi connectivity index (χ3n) is 4.34. The molecule has 0 saturated heterocycles. The highest BCUT2D eigenvalue weighted by atomic mass is 16.5. The first-order chi connectivity index (χ1) is 13.1. The van der Waals surface area contributed by atoms with Crippen LogP contribution in [0.15, 0.2) is 48.7 Å². The second-order valence-corrected chi connectivity index (χ2v) is 6.34. The first-order valence-electron chi connectivity index (χ1n) is 8.91. The van der Waals surface area contributed by atoms with Crippen molar-refractivity contribution in [2.45, 2.75) is 31.7 Å². The van der Waals surface area contributed by atoms with Crippen LogP contribution >= 0.6 is 0 Å². The minimum Gasteiger partial charge on any atom is -0.451 e. The van der Waals surface area contributed by atoms with E-state index in [0.29, 0.717) is 11.3 Å². The molecule has 1 fully saturated rings. The third kappa shape index (κ3) is 5.13. The third-order valence-corrected chi connectivity index (χ3v) is 4.34. The first-order valence-corrected chi connectivity index (χ1v) is 8.91. The number of anilines is 1. The molecule has 0 aliphatic heterocycles. The van der Waals surface area contributed by atoms with Gasteiger partial charge in [0, 0.05) is 12.2 Å². The molecule has 2 aromatic rings. The molecule has 3 rings (SSSR count). The summed E-state index contributed by atoms with van der Waals surface area (Å²) in [6.45, 7) is -0.464. The van der Waals surface area contributed by atoms with Crippen LogP contribution in [0.5, 0.6) is 0 Å². The Hall–Kier alpha value is -3.22. The average molecular weight is 367 g/mol. The van der Waals surface area contributed by atoms with Crippen LogP contribution in [0.2, 0.25) is 0 Å². The number of amides is 2. The van der Waals surface area contributed by atoms with Gasteiger partial charge in [0.25, 0.3) is 11.8 Å². The molecule has 7 nitrogen and oxygen atoms in total. The van der Waals surface area contributed by atoms with E-state index in [1.165, 1.54) is 12.3 Å². The predicted octanol–water partition coefficient (Wildman–Crippen LogP) is 2.55. The number of para-hydroxylation sites is 1.